The van der Waals surface area contributed by atoms with Crippen molar-refractivity contribution in [2.24, 2.45) is 0 Å². The average Bonchev–Trinajstić information content (AvgIpc) is 3.00. The number of amides is 1. The fraction of sp³-hybridized carbons (Fsp3) is 0.545. The zero-order valence-corrected chi connectivity index (χ0v) is 25.8. The van der Waals surface area contributed by atoms with Crippen molar-refractivity contribution < 1.29 is 33.3 Å². The minimum Gasteiger partial charge on any atom is -0.462 e. The molecule has 2 aromatic rings. The van der Waals surface area contributed by atoms with E-state index >= 15 is 0 Å². The topological polar surface area (TPSA) is 91.4 Å². The Morgan fingerprint density at radius 2 is 1.17 bits per heavy atom. The van der Waals surface area contributed by atoms with Crippen LogP contribution in [0.25, 0.3) is 0 Å². The fourth-order valence-corrected chi connectivity index (χ4v) is 4.09. The van der Waals surface area contributed by atoms with Crippen molar-refractivity contribution in [1.29, 1.82) is 0 Å². The van der Waals surface area contributed by atoms with E-state index in [4.69, 9.17) is 18.9 Å². The van der Waals surface area contributed by atoms with E-state index in [2.05, 4.69) is 6.92 Å². The average molecular weight is 572 g/mol. The van der Waals surface area contributed by atoms with E-state index in [1.165, 1.54) is 6.07 Å². The molecule has 0 aliphatic heterocycles. The second-order valence-electron chi connectivity index (χ2n) is 9.12. The van der Waals surface area contributed by atoms with Gasteiger partial charge >= 0.3 is 11.9 Å². The first-order valence-electron chi connectivity index (χ1n) is 14.9. The van der Waals surface area contributed by atoms with Gasteiger partial charge in [0.05, 0.1) is 24.3 Å². The Balaban J connectivity index is 0.000000422. The van der Waals surface area contributed by atoms with Crippen LogP contribution in [-0.2, 0) is 31.8 Å². The van der Waals surface area contributed by atoms with Crippen LogP contribution >= 0.6 is 0 Å². The number of aryl methyl sites for hydroxylation is 2. The quantitative estimate of drug-likeness (QED) is 0.166. The van der Waals surface area contributed by atoms with Crippen LogP contribution in [-0.4, -0.2) is 75.5 Å². The van der Waals surface area contributed by atoms with Gasteiger partial charge in [-0.15, -0.1) is 0 Å². The molecular formula is C33H49NO7. The standard InChI is InChI=1S/C19H31NO3.C14H18O4/c1-4-17-11-7-8-12-18(17)19(21)20(13-9-15-22-5-2)14-10-16-23-6-3;1-4-10-7-11(13(15)17-5-2)9-12(8-10)14(16)18-6-3/h7-8,11-12H,4-6,9-10,13-16H2,1-3H3;7-9H,4-6H2,1-3H3. The van der Waals surface area contributed by atoms with Crippen molar-refractivity contribution in [2.75, 3.05) is 52.7 Å². The van der Waals surface area contributed by atoms with Gasteiger partial charge in [-0.25, -0.2) is 9.59 Å². The molecule has 0 aliphatic carbocycles. The third kappa shape index (κ3) is 13.3. The number of hydrogen-bond donors (Lipinski definition) is 0. The van der Waals surface area contributed by atoms with Crippen molar-refractivity contribution in [3.8, 4) is 0 Å². The van der Waals surface area contributed by atoms with E-state index in [1.54, 1.807) is 26.0 Å². The smallest absolute Gasteiger partial charge is 0.338 e. The molecule has 0 spiro atoms. The largest absolute Gasteiger partial charge is 0.462 e. The van der Waals surface area contributed by atoms with Crippen molar-refractivity contribution >= 4 is 17.8 Å². The lowest BCUT2D eigenvalue weighted by molar-refractivity contribution is 0.0524. The summed E-state index contributed by atoms with van der Waals surface area (Å²) in [6.45, 7) is 16.4. The Kier molecular flexibility index (Phi) is 18.8. The van der Waals surface area contributed by atoms with Crippen molar-refractivity contribution in [3.05, 3.63) is 70.3 Å². The van der Waals surface area contributed by atoms with Gasteiger partial charge in [0.15, 0.2) is 0 Å². The summed E-state index contributed by atoms with van der Waals surface area (Å²) in [5.74, 6) is -0.716. The van der Waals surface area contributed by atoms with Crippen molar-refractivity contribution in [3.63, 3.8) is 0 Å². The van der Waals surface area contributed by atoms with Gasteiger partial charge in [0.2, 0.25) is 0 Å². The highest BCUT2D eigenvalue weighted by Gasteiger charge is 2.18. The zero-order valence-electron chi connectivity index (χ0n) is 25.8. The Labute approximate surface area is 246 Å². The summed E-state index contributed by atoms with van der Waals surface area (Å²) in [4.78, 5) is 38.2. The predicted molar refractivity (Wildman–Crippen MR) is 162 cm³/mol. The van der Waals surface area contributed by atoms with Crippen LogP contribution in [0.5, 0.6) is 0 Å². The van der Waals surface area contributed by atoms with Crippen LogP contribution in [0.2, 0.25) is 0 Å². The molecule has 0 saturated heterocycles. The van der Waals surface area contributed by atoms with Crippen molar-refractivity contribution in [1.82, 2.24) is 4.90 Å². The van der Waals surface area contributed by atoms with Gasteiger partial charge in [-0.1, -0.05) is 32.0 Å². The Hall–Kier alpha value is -3.23. The minimum atomic E-state index is -0.418. The lowest BCUT2D eigenvalue weighted by Gasteiger charge is -2.24. The molecular weight excluding hydrogens is 522 g/mol. The number of carbonyl (C=O) groups excluding carboxylic acids is 3. The molecule has 2 rings (SSSR count). The van der Waals surface area contributed by atoms with Gasteiger partial charge in [0, 0.05) is 45.1 Å². The van der Waals surface area contributed by atoms with E-state index in [1.807, 2.05) is 49.9 Å². The summed E-state index contributed by atoms with van der Waals surface area (Å²) >= 11 is 0. The Morgan fingerprint density at radius 1 is 0.659 bits per heavy atom. The maximum atomic E-state index is 12.9. The van der Waals surface area contributed by atoms with E-state index in [-0.39, 0.29) is 5.91 Å². The SMILES string of the molecule is CCOC(=O)c1cc(CC)cc(C(=O)OCC)c1.CCOCCCN(CCCOCC)C(=O)c1ccccc1CC. The first kappa shape index (κ1) is 35.8. The number of nitrogens with zero attached hydrogens (tertiary/aromatic N) is 1. The second kappa shape index (κ2) is 21.5. The van der Waals surface area contributed by atoms with Gasteiger partial charge in [0.1, 0.15) is 0 Å². The van der Waals surface area contributed by atoms with Gasteiger partial charge in [-0.2, -0.15) is 0 Å². The number of hydrogen-bond acceptors (Lipinski definition) is 7. The highest BCUT2D eigenvalue weighted by molar-refractivity contribution is 5.96. The highest BCUT2D eigenvalue weighted by Crippen LogP contribution is 2.15. The molecule has 0 heterocycles. The zero-order chi connectivity index (χ0) is 30.5. The Morgan fingerprint density at radius 3 is 1.61 bits per heavy atom. The summed E-state index contributed by atoms with van der Waals surface area (Å²) in [5.41, 5.74) is 3.61. The molecule has 0 fully saturated rings. The van der Waals surface area contributed by atoms with Crippen LogP contribution in [0.4, 0.5) is 0 Å². The predicted octanol–water partition coefficient (Wildman–Crippen LogP) is 6.15. The maximum absolute atomic E-state index is 12.9. The lowest BCUT2D eigenvalue weighted by Crippen LogP contribution is -2.34. The minimum absolute atomic E-state index is 0.121. The summed E-state index contributed by atoms with van der Waals surface area (Å²) in [6.07, 6.45) is 3.33. The lowest BCUT2D eigenvalue weighted by atomic mass is 10.0. The molecule has 1 amide bonds. The van der Waals surface area contributed by atoms with Gasteiger partial charge in [0.25, 0.3) is 5.91 Å². The van der Waals surface area contributed by atoms with Gasteiger partial charge in [-0.05, 0) is 88.8 Å². The first-order valence-corrected chi connectivity index (χ1v) is 14.9. The molecule has 0 atom stereocenters. The number of carbonyl (C=O) groups is 3. The number of benzene rings is 2. The van der Waals surface area contributed by atoms with E-state index in [0.717, 1.165) is 68.7 Å². The van der Waals surface area contributed by atoms with Crippen LogP contribution in [0.15, 0.2) is 42.5 Å². The van der Waals surface area contributed by atoms with E-state index < -0.39 is 11.9 Å². The van der Waals surface area contributed by atoms with Crippen molar-refractivity contribution in [2.45, 2.75) is 67.2 Å². The molecule has 0 N–H and O–H groups in total. The first-order chi connectivity index (χ1) is 19.9. The molecule has 0 radical (unpaired) electrons. The summed E-state index contributed by atoms with van der Waals surface area (Å²) in [7, 11) is 0. The van der Waals surface area contributed by atoms with Crippen LogP contribution in [0.3, 0.4) is 0 Å². The third-order valence-electron chi connectivity index (χ3n) is 6.18. The summed E-state index contributed by atoms with van der Waals surface area (Å²) < 4.78 is 20.7. The second-order valence-corrected chi connectivity index (χ2v) is 9.12. The third-order valence-corrected chi connectivity index (χ3v) is 6.18. The molecule has 0 aromatic heterocycles. The van der Waals surface area contributed by atoms with E-state index in [9.17, 15) is 14.4 Å². The fourth-order valence-electron chi connectivity index (χ4n) is 4.09. The molecule has 0 aliphatic rings. The molecule has 8 nitrogen and oxygen atoms in total. The number of rotatable bonds is 17. The van der Waals surface area contributed by atoms with Crippen LogP contribution in [0, 0.1) is 0 Å². The summed E-state index contributed by atoms with van der Waals surface area (Å²) in [5, 5.41) is 0. The monoisotopic (exact) mass is 571 g/mol. The van der Waals surface area contributed by atoms with Gasteiger partial charge in [-0.3, -0.25) is 4.79 Å². The van der Waals surface area contributed by atoms with Crippen LogP contribution < -0.4 is 0 Å². The van der Waals surface area contributed by atoms with Crippen LogP contribution in [0.1, 0.15) is 96.6 Å². The van der Waals surface area contributed by atoms with Gasteiger partial charge < -0.3 is 23.8 Å². The molecule has 0 unspecified atom stereocenters. The summed E-state index contributed by atoms with van der Waals surface area (Å²) in [6, 6.07) is 12.9. The molecule has 2 aromatic carbocycles. The normalized spacial score (nSPS) is 10.4. The molecule has 0 bridgehead atoms. The van der Waals surface area contributed by atoms with E-state index in [0.29, 0.717) is 37.6 Å². The molecule has 8 heteroatoms. The molecule has 41 heavy (non-hydrogen) atoms. The molecule has 228 valence electrons. The number of ether oxygens (including phenoxy) is 4. The Bertz CT molecular complexity index is 1010. The molecule has 0 saturated carbocycles. The highest BCUT2D eigenvalue weighted by atomic mass is 16.5. The maximum Gasteiger partial charge on any atom is 0.338 e. The number of esters is 2.